The molecule has 1 aliphatic rings. The van der Waals surface area contributed by atoms with Crippen LogP contribution in [0.25, 0.3) is 22.0 Å². The van der Waals surface area contributed by atoms with E-state index in [-0.39, 0.29) is 18.2 Å². The second-order valence-electron chi connectivity index (χ2n) is 7.33. The van der Waals surface area contributed by atoms with Gasteiger partial charge in [-0.1, -0.05) is 66.7 Å². The third-order valence-electron chi connectivity index (χ3n) is 5.52. The molecule has 152 valence electrons. The first-order valence-corrected chi connectivity index (χ1v) is 9.87. The molecule has 4 aromatic rings. The van der Waals surface area contributed by atoms with Crippen molar-refractivity contribution in [3.8, 4) is 11.1 Å². The van der Waals surface area contributed by atoms with Gasteiger partial charge in [-0.2, -0.15) is 0 Å². The van der Waals surface area contributed by atoms with E-state index in [0.29, 0.717) is 16.6 Å². The minimum absolute atomic E-state index is 0.0538. The van der Waals surface area contributed by atoms with E-state index in [0.717, 1.165) is 22.3 Å². The van der Waals surface area contributed by atoms with Gasteiger partial charge in [0.25, 0.3) is 0 Å². The fourth-order valence-corrected chi connectivity index (χ4v) is 4.13. The Morgan fingerprint density at radius 2 is 1.52 bits per heavy atom. The molecule has 0 spiro atoms. The van der Waals surface area contributed by atoms with Crippen molar-refractivity contribution in [2.75, 3.05) is 11.9 Å². The smallest absolute Gasteiger partial charge is 0.411 e. The number of para-hydroxylation sites is 1. The molecule has 0 unspecified atom stereocenters. The van der Waals surface area contributed by atoms with Gasteiger partial charge in [0, 0.05) is 11.3 Å². The number of carboxylic acids is 1. The number of rotatable bonds is 4. The Kier molecular flexibility index (Phi) is 4.59. The molecule has 3 aromatic carbocycles. The van der Waals surface area contributed by atoms with E-state index in [4.69, 9.17) is 4.74 Å². The van der Waals surface area contributed by atoms with Crippen molar-refractivity contribution in [3.63, 3.8) is 0 Å². The molecule has 0 saturated carbocycles. The summed E-state index contributed by atoms with van der Waals surface area (Å²) in [6, 6.07) is 24.6. The number of amides is 1. The van der Waals surface area contributed by atoms with Crippen molar-refractivity contribution in [1.82, 2.24) is 4.98 Å². The Morgan fingerprint density at radius 3 is 2.19 bits per heavy atom. The molecule has 1 aromatic heterocycles. The van der Waals surface area contributed by atoms with Gasteiger partial charge >= 0.3 is 12.1 Å². The van der Waals surface area contributed by atoms with Crippen molar-refractivity contribution in [2.24, 2.45) is 0 Å². The summed E-state index contributed by atoms with van der Waals surface area (Å²) in [7, 11) is 0. The Morgan fingerprint density at radius 1 is 0.903 bits per heavy atom. The number of carboxylic acid groups (broad SMARTS) is 1. The number of aromatic carboxylic acids is 1. The van der Waals surface area contributed by atoms with E-state index in [1.165, 1.54) is 6.07 Å². The van der Waals surface area contributed by atoms with Gasteiger partial charge in [0.1, 0.15) is 6.61 Å². The van der Waals surface area contributed by atoms with Crippen LogP contribution in [-0.2, 0) is 4.74 Å². The number of hydrogen-bond acceptors (Lipinski definition) is 4. The van der Waals surface area contributed by atoms with E-state index >= 15 is 0 Å². The zero-order valence-corrected chi connectivity index (χ0v) is 16.4. The Labute approximate surface area is 178 Å². The molecular formula is C25H18N2O4. The number of ether oxygens (including phenoxy) is 1. The van der Waals surface area contributed by atoms with Gasteiger partial charge in [-0.25, -0.2) is 14.6 Å². The number of nitrogens with zero attached hydrogens (tertiary/aromatic N) is 1. The van der Waals surface area contributed by atoms with Crippen LogP contribution in [0.1, 0.15) is 27.5 Å². The first kappa shape index (κ1) is 18.8. The Bertz CT molecular complexity index is 1290. The normalized spacial score (nSPS) is 12.3. The topological polar surface area (TPSA) is 88.5 Å². The number of nitrogens with one attached hydrogen (secondary N) is 1. The van der Waals surface area contributed by atoms with Gasteiger partial charge in [0.15, 0.2) is 5.69 Å². The van der Waals surface area contributed by atoms with Crippen molar-refractivity contribution in [3.05, 3.63) is 95.7 Å². The third-order valence-corrected chi connectivity index (χ3v) is 5.52. The summed E-state index contributed by atoms with van der Waals surface area (Å²) in [5.74, 6) is -1.22. The van der Waals surface area contributed by atoms with Crippen LogP contribution in [0.5, 0.6) is 0 Å². The summed E-state index contributed by atoms with van der Waals surface area (Å²) in [4.78, 5) is 28.1. The van der Waals surface area contributed by atoms with Gasteiger partial charge in [0.2, 0.25) is 0 Å². The van der Waals surface area contributed by atoms with E-state index < -0.39 is 12.1 Å². The van der Waals surface area contributed by atoms with Crippen LogP contribution in [0.2, 0.25) is 0 Å². The minimum Gasteiger partial charge on any atom is -0.477 e. The zero-order chi connectivity index (χ0) is 21.4. The molecule has 0 radical (unpaired) electrons. The van der Waals surface area contributed by atoms with Crippen molar-refractivity contribution < 1.29 is 19.4 Å². The van der Waals surface area contributed by atoms with Crippen LogP contribution in [0.4, 0.5) is 10.5 Å². The number of benzene rings is 3. The second kappa shape index (κ2) is 7.57. The lowest BCUT2D eigenvalue weighted by Gasteiger charge is -2.15. The largest absolute Gasteiger partial charge is 0.477 e. The predicted octanol–water partition coefficient (Wildman–Crippen LogP) is 5.29. The number of carbonyl (C=O) groups is 2. The van der Waals surface area contributed by atoms with Crippen LogP contribution in [0, 0.1) is 0 Å². The van der Waals surface area contributed by atoms with E-state index in [1.54, 1.807) is 24.3 Å². The van der Waals surface area contributed by atoms with Gasteiger partial charge < -0.3 is 9.84 Å². The highest BCUT2D eigenvalue weighted by atomic mass is 16.5. The standard InChI is InChI=1S/C25H18N2O4/c28-24(29)23-13-22(19-11-5-6-12-21(19)26-23)27-25(30)31-14-20-17-9-3-1-7-15(17)16-8-2-4-10-18(16)20/h1-13,20H,14H2,(H,28,29)(H,26,27,30). The molecule has 0 aliphatic heterocycles. The number of pyridine rings is 1. The molecule has 1 heterocycles. The first-order chi connectivity index (χ1) is 15.1. The summed E-state index contributed by atoms with van der Waals surface area (Å²) >= 11 is 0. The highest BCUT2D eigenvalue weighted by Gasteiger charge is 2.29. The SMILES string of the molecule is O=C(Nc1cc(C(=O)O)nc2ccccc12)OCC1c2ccccc2-c2ccccc21. The lowest BCUT2D eigenvalue weighted by Crippen LogP contribution is -2.18. The first-order valence-electron chi connectivity index (χ1n) is 9.87. The maximum Gasteiger partial charge on any atom is 0.411 e. The maximum absolute atomic E-state index is 12.6. The number of carbonyl (C=O) groups excluding carboxylic acids is 1. The third kappa shape index (κ3) is 3.38. The molecule has 1 amide bonds. The Hall–Kier alpha value is -4.19. The quantitative estimate of drug-likeness (QED) is 0.477. The van der Waals surface area contributed by atoms with E-state index in [1.807, 2.05) is 24.3 Å². The van der Waals surface area contributed by atoms with Gasteiger partial charge in [-0.3, -0.25) is 5.32 Å². The average molecular weight is 410 g/mol. The molecule has 5 rings (SSSR count). The molecule has 0 fully saturated rings. The number of fused-ring (bicyclic) bond motifs is 4. The maximum atomic E-state index is 12.6. The molecule has 1 aliphatic carbocycles. The predicted molar refractivity (Wildman–Crippen MR) is 117 cm³/mol. The molecule has 31 heavy (non-hydrogen) atoms. The highest BCUT2D eigenvalue weighted by molar-refractivity contribution is 6.01. The van der Waals surface area contributed by atoms with Crippen LogP contribution >= 0.6 is 0 Å². The fraction of sp³-hybridized carbons (Fsp3) is 0.0800. The van der Waals surface area contributed by atoms with Crippen LogP contribution in [-0.4, -0.2) is 28.8 Å². The molecule has 0 bridgehead atoms. The van der Waals surface area contributed by atoms with Crippen LogP contribution in [0.15, 0.2) is 78.9 Å². The van der Waals surface area contributed by atoms with Gasteiger partial charge in [0.05, 0.1) is 11.2 Å². The lowest BCUT2D eigenvalue weighted by atomic mass is 9.98. The summed E-state index contributed by atoms with van der Waals surface area (Å²) < 4.78 is 5.57. The summed E-state index contributed by atoms with van der Waals surface area (Å²) in [5, 5.41) is 12.7. The number of anilines is 1. The molecule has 0 saturated heterocycles. The zero-order valence-electron chi connectivity index (χ0n) is 16.4. The Balaban J connectivity index is 1.39. The van der Waals surface area contributed by atoms with Gasteiger partial charge in [-0.05, 0) is 34.4 Å². The molecule has 0 atom stereocenters. The van der Waals surface area contributed by atoms with Crippen molar-refractivity contribution >= 4 is 28.7 Å². The summed E-state index contributed by atoms with van der Waals surface area (Å²) in [6.07, 6.45) is -0.644. The van der Waals surface area contributed by atoms with Crippen LogP contribution in [0.3, 0.4) is 0 Å². The molecule has 6 nitrogen and oxygen atoms in total. The van der Waals surface area contributed by atoms with Crippen molar-refractivity contribution in [1.29, 1.82) is 0 Å². The minimum atomic E-state index is -1.17. The molecule has 2 N–H and O–H groups in total. The van der Waals surface area contributed by atoms with E-state index in [2.05, 4.69) is 34.6 Å². The summed E-state index contributed by atoms with van der Waals surface area (Å²) in [5.41, 5.74) is 5.24. The molecule has 6 heteroatoms. The highest BCUT2D eigenvalue weighted by Crippen LogP contribution is 2.44. The number of aromatic nitrogens is 1. The molecular weight excluding hydrogens is 392 g/mol. The fourth-order valence-electron chi connectivity index (χ4n) is 4.13. The van der Waals surface area contributed by atoms with Gasteiger partial charge in [-0.15, -0.1) is 0 Å². The second-order valence-corrected chi connectivity index (χ2v) is 7.33. The monoisotopic (exact) mass is 410 g/mol. The van der Waals surface area contributed by atoms with E-state index in [9.17, 15) is 14.7 Å². The van der Waals surface area contributed by atoms with Crippen LogP contribution < -0.4 is 5.32 Å². The van der Waals surface area contributed by atoms with Crippen molar-refractivity contribution in [2.45, 2.75) is 5.92 Å². The lowest BCUT2D eigenvalue weighted by molar-refractivity contribution is 0.0691. The number of hydrogen-bond donors (Lipinski definition) is 2. The average Bonchev–Trinajstić information content (AvgIpc) is 3.11. The summed E-state index contributed by atoms with van der Waals surface area (Å²) in [6.45, 7) is 0.175.